The molecule has 0 atom stereocenters. The Morgan fingerprint density at radius 3 is 1.82 bits per heavy atom. The first kappa shape index (κ1) is 8.30. The summed E-state index contributed by atoms with van der Waals surface area (Å²) in [6.45, 7) is 1.27. The Morgan fingerprint density at radius 2 is 1.45 bits per heavy atom. The maximum Gasteiger partial charge on any atom is 0.105 e. The largest absolute Gasteiger partial charge is 0.466 e. The Balaban J connectivity index is 2.51. The molecule has 0 spiro atoms. The molecular weight excluding hydrogens is 140 g/mol. The zero-order valence-corrected chi connectivity index (χ0v) is 6.55. The number of hydrogen-bond donors (Lipinski definition) is 2. The molecule has 0 fully saturated rings. The van der Waals surface area contributed by atoms with Crippen molar-refractivity contribution in [2.24, 2.45) is 11.5 Å². The second-order valence-corrected chi connectivity index (χ2v) is 2.45. The summed E-state index contributed by atoms with van der Waals surface area (Å²) in [4.78, 5) is 0. The van der Waals surface area contributed by atoms with Crippen LogP contribution in [0.1, 0.15) is 11.5 Å². The van der Waals surface area contributed by atoms with Crippen LogP contribution in [0.4, 0.5) is 0 Å². The maximum atomic E-state index is 5.40. The molecule has 0 unspecified atom stereocenters. The Morgan fingerprint density at radius 1 is 1.00 bits per heavy atom. The van der Waals surface area contributed by atoms with Gasteiger partial charge in [0, 0.05) is 12.8 Å². The first-order valence-corrected chi connectivity index (χ1v) is 3.84. The summed E-state index contributed by atoms with van der Waals surface area (Å²) in [5.41, 5.74) is 10.7. The molecule has 1 rings (SSSR count). The van der Waals surface area contributed by atoms with Gasteiger partial charge in [-0.3, -0.25) is 0 Å². The van der Waals surface area contributed by atoms with Crippen molar-refractivity contribution >= 4 is 0 Å². The van der Waals surface area contributed by atoms with Gasteiger partial charge in [-0.15, -0.1) is 0 Å². The molecule has 0 aliphatic heterocycles. The van der Waals surface area contributed by atoms with E-state index in [1.54, 1.807) is 0 Å². The van der Waals surface area contributed by atoms with Crippen molar-refractivity contribution in [2.75, 3.05) is 13.1 Å². The molecule has 0 saturated carbocycles. The van der Waals surface area contributed by atoms with E-state index in [4.69, 9.17) is 15.9 Å². The van der Waals surface area contributed by atoms with Gasteiger partial charge < -0.3 is 15.9 Å². The van der Waals surface area contributed by atoms with Crippen LogP contribution < -0.4 is 11.5 Å². The molecule has 4 N–H and O–H groups in total. The molecule has 11 heavy (non-hydrogen) atoms. The van der Waals surface area contributed by atoms with Crippen LogP contribution in [0, 0.1) is 0 Å². The number of hydrogen-bond acceptors (Lipinski definition) is 3. The third kappa shape index (κ3) is 2.37. The molecule has 0 amide bonds. The van der Waals surface area contributed by atoms with Crippen molar-refractivity contribution < 1.29 is 4.42 Å². The van der Waals surface area contributed by atoms with Crippen molar-refractivity contribution in [3.8, 4) is 0 Å². The standard InChI is InChI=1S/C8H14N2O/c9-5-3-7-1-2-8(11-7)4-6-10/h1-2H,3-6,9-10H2. The van der Waals surface area contributed by atoms with E-state index in [0.29, 0.717) is 13.1 Å². The van der Waals surface area contributed by atoms with Crippen LogP contribution >= 0.6 is 0 Å². The molecule has 0 bridgehead atoms. The molecule has 3 nitrogen and oxygen atoms in total. The molecule has 0 aliphatic rings. The quantitative estimate of drug-likeness (QED) is 0.654. The molecule has 0 aliphatic carbocycles. The van der Waals surface area contributed by atoms with Crippen LogP contribution in [-0.2, 0) is 12.8 Å². The van der Waals surface area contributed by atoms with Crippen LogP contribution in [0.2, 0.25) is 0 Å². The smallest absolute Gasteiger partial charge is 0.105 e. The fourth-order valence-electron chi connectivity index (χ4n) is 0.976. The zero-order chi connectivity index (χ0) is 8.10. The molecule has 3 heteroatoms. The zero-order valence-electron chi connectivity index (χ0n) is 6.55. The van der Waals surface area contributed by atoms with Crippen LogP contribution in [0.5, 0.6) is 0 Å². The topological polar surface area (TPSA) is 65.2 Å². The normalized spacial score (nSPS) is 10.4. The molecule has 62 valence electrons. The van der Waals surface area contributed by atoms with E-state index in [2.05, 4.69) is 0 Å². The van der Waals surface area contributed by atoms with Crippen molar-refractivity contribution in [1.29, 1.82) is 0 Å². The van der Waals surface area contributed by atoms with Crippen molar-refractivity contribution in [3.05, 3.63) is 23.7 Å². The summed E-state index contributed by atoms with van der Waals surface area (Å²) in [7, 11) is 0. The van der Waals surface area contributed by atoms with E-state index in [-0.39, 0.29) is 0 Å². The highest BCUT2D eigenvalue weighted by Crippen LogP contribution is 2.07. The lowest BCUT2D eigenvalue weighted by Crippen LogP contribution is -2.02. The summed E-state index contributed by atoms with van der Waals surface area (Å²) in [5.74, 6) is 1.91. The second-order valence-electron chi connectivity index (χ2n) is 2.45. The summed E-state index contributed by atoms with van der Waals surface area (Å²) in [6, 6.07) is 3.91. The lowest BCUT2D eigenvalue weighted by molar-refractivity contribution is 0.467. The Bertz CT molecular complexity index is 187. The number of furan rings is 1. The van der Waals surface area contributed by atoms with Gasteiger partial charge in [0.1, 0.15) is 11.5 Å². The van der Waals surface area contributed by atoms with Gasteiger partial charge in [-0.25, -0.2) is 0 Å². The third-order valence-corrected chi connectivity index (χ3v) is 1.50. The highest BCUT2D eigenvalue weighted by molar-refractivity contribution is 5.07. The Hall–Kier alpha value is -0.800. The van der Waals surface area contributed by atoms with Crippen LogP contribution in [0.25, 0.3) is 0 Å². The van der Waals surface area contributed by atoms with Crippen molar-refractivity contribution in [1.82, 2.24) is 0 Å². The van der Waals surface area contributed by atoms with Gasteiger partial charge in [0.2, 0.25) is 0 Å². The van der Waals surface area contributed by atoms with Crippen LogP contribution in [0.3, 0.4) is 0 Å². The van der Waals surface area contributed by atoms with Crippen LogP contribution in [-0.4, -0.2) is 13.1 Å². The van der Waals surface area contributed by atoms with Crippen molar-refractivity contribution in [3.63, 3.8) is 0 Å². The lowest BCUT2D eigenvalue weighted by atomic mass is 10.3. The lowest BCUT2D eigenvalue weighted by Gasteiger charge is -1.92. The molecule has 1 aromatic rings. The number of rotatable bonds is 4. The fraction of sp³-hybridized carbons (Fsp3) is 0.500. The maximum absolute atomic E-state index is 5.40. The van der Waals surface area contributed by atoms with E-state index < -0.39 is 0 Å². The van der Waals surface area contributed by atoms with E-state index >= 15 is 0 Å². The van der Waals surface area contributed by atoms with Gasteiger partial charge >= 0.3 is 0 Å². The number of nitrogens with two attached hydrogens (primary N) is 2. The predicted octanol–water partition coefficient (Wildman–Crippen LogP) is 0.282. The van der Waals surface area contributed by atoms with Gasteiger partial charge in [-0.05, 0) is 25.2 Å². The molecule has 1 heterocycles. The SMILES string of the molecule is NCCc1ccc(CCN)o1. The molecule has 0 radical (unpaired) electrons. The van der Waals surface area contributed by atoms with E-state index in [1.165, 1.54) is 0 Å². The molecule has 0 saturated heterocycles. The minimum atomic E-state index is 0.635. The van der Waals surface area contributed by atoms with Gasteiger partial charge in [0.15, 0.2) is 0 Å². The van der Waals surface area contributed by atoms with Gasteiger partial charge in [-0.1, -0.05) is 0 Å². The van der Waals surface area contributed by atoms with E-state index in [9.17, 15) is 0 Å². The van der Waals surface area contributed by atoms with Gasteiger partial charge in [-0.2, -0.15) is 0 Å². The average Bonchev–Trinajstić information content (AvgIpc) is 2.38. The highest BCUT2D eigenvalue weighted by atomic mass is 16.3. The minimum Gasteiger partial charge on any atom is -0.466 e. The van der Waals surface area contributed by atoms with E-state index in [0.717, 1.165) is 24.4 Å². The monoisotopic (exact) mass is 154 g/mol. The summed E-state index contributed by atoms with van der Waals surface area (Å²) in [5, 5.41) is 0. The van der Waals surface area contributed by atoms with Crippen LogP contribution in [0.15, 0.2) is 16.5 Å². The first-order chi connectivity index (χ1) is 5.36. The minimum absolute atomic E-state index is 0.635. The third-order valence-electron chi connectivity index (χ3n) is 1.50. The fourth-order valence-corrected chi connectivity index (χ4v) is 0.976. The van der Waals surface area contributed by atoms with E-state index in [1.807, 2.05) is 12.1 Å². The van der Waals surface area contributed by atoms with Crippen molar-refractivity contribution in [2.45, 2.75) is 12.8 Å². The summed E-state index contributed by atoms with van der Waals surface area (Å²) in [6.07, 6.45) is 1.62. The average molecular weight is 154 g/mol. The second kappa shape index (κ2) is 4.16. The van der Waals surface area contributed by atoms with Gasteiger partial charge in [0.25, 0.3) is 0 Å². The Kier molecular flexibility index (Phi) is 3.14. The summed E-state index contributed by atoms with van der Waals surface area (Å²) < 4.78 is 5.40. The molecule has 0 aromatic carbocycles. The first-order valence-electron chi connectivity index (χ1n) is 3.84. The summed E-state index contributed by atoms with van der Waals surface area (Å²) >= 11 is 0. The predicted molar refractivity (Wildman–Crippen MR) is 44.2 cm³/mol. The molecule has 1 aromatic heterocycles. The van der Waals surface area contributed by atoms with Gasteiger partial charge in [0.05, 0.1) is 0 Å². The Labute approximate surface area is 66.4 Å². The highest BCUT2D eigenvalue weighted by Gasteiger charge is 1.98. The molecular formula is C8H14N2O.